The Morgan fingerprint density at radius 2 is 2.31 bits per heavy atom. The highest BCUT2D eigenvalue weighted by Crippen LogP contribution is 2.14. The van der Waals surface area contributed by atoms with E-state index >= 15 is 0 Å². The molecule has 1 aromatic rings. The van der Waals surface area contributed by atoms with Crippen LogP contribution in [-0.2, 0) is 4.74 Å². The second-order valence-corrected chi connectivity index (χ2v) is 2.71. The molecule has 1 aromatic heterocycles. The van der Waals surface area contributed by atoms with E-state index in [0.29, 0.717) is 18.7 Å². The molecular formula is C9H13FN2O. The van der Waals surface area contributed by atoms with Crippen molar-refractivity contribution in [3.8, 4) is 0 Å². The van der Waals surface area contributed by atoms with Crippen molar-refractivity contribution in [3.05, 3.63) is 23.8 Å². The van der Waals surface area contributed by atoms with E-state index in [1.54, 1.807) is 20.2 Å². The van der Waals surface area contributed by atoms with Gasteiger partial charge in [-0.2, -0.15) is 0 Å². The molecule has 13 heavy (non-hydrogen) atoms. The van der Waals surface area contributed by atoms with E-state index in [0.717, 1.165) is 5.69 Å². The maximum Gasteiger partial charge on any atom is 0.146 e. The van der Waals surface area contributed by atoms with Gasteiger partial charge >= 0.3 is 0 Å². The van der Waals surface area contributed by atoms with E-state index in [9.17, 15) is 4.39 Å². The molecule has 3 nitrogen and oxygen atoms in total. The van der Waals surface area contributed by atoms with Crippen molar-refractivity contribution in [1.29, 1.82) is 0 Å². The Bertz CT molecular complexity index is 278. The maximum absolute atomic E-state index is 13.0. The Kier molecular flexibility index (Phi) is 3.64. The van der Waals surface area contributed by atoms with Crippen molar-refractivity contribution < 1.29 is 9.13 Å². The fourth-order valence-electron chi connectivity index (χ4n) is 0.966. The predicted octanol–water partition coefficient (Wildman–Crippen LogP) is 1.59. The van der Waals surface area contributed by atoms with Crippen molar-refractivity contribution in [1.82, 2.24) is 4.98 Å². The Morgan fingerprint density at radius 1 is 1.54 bits per heavy atom. The van der Waals surface area contributed by atoms with Crippen LogP contribution in [0.4, 0.5) is 10.1 Å². The molecule has 1 heterocycles. The number of nitrogens with zero attached hydrogens (tertiary/aromatic N) is 1. The fourth-order valence-corrected chi connectivity index (χ4v) is 0.966. The molecule has 0 fully saturated rings. The number of methoxy groups -OCH3 is 1. The maximum atomic E-state index is 13.0. The summed E-state index contributed by atoms with van der Waals surface area (Å²) in [7, 11) is 1.62. The van der Waals surface area contributed by atoms with E-state index in [4.69, 9.17) is 4.74 Å². The Hall–Kier alpha value is -1.16. The molecule has 1 rings (SSSR count). The highest BCUT2D eigenvalue weighted by atomic mass is 19.1. The molecule has 0 aliphatic carbocycles. The van der Waals surface area contributed by atoms with Crippen molar-refractivity contribution in [3.63, 3.8) is 0 Å². The molecular weight excluding hydrogens is 171 g/mol. The number of pyridine rings is 1. The average Bonchev–Trinajstić information content (AvgIpc) is 2.13. The van der Waals surface area contributed by atoms with Gasteiger partial charge in [0.15, 0.2) is 0 Å². The second kappa shape index (κ2) is 4.77. The van der Waals surface area contributed by atoms with Crippen LogP contribution in [0.1, 0.15) is 5.56 Å². The normalized spacial score (nSPS) is 10.1. The Morgan fingerprint density at radius 3 is 3.00 bits per heavy atom. The lowest BCUT2D eigenvalue weighted by Crippen LogP contribution is -2.09. The zero-order chi connectivity index (χ0) is 9.68. The lowest BCUT2D eigenvalue weighted by molar-refractivity contribution is 0.210. The SMILES string of the molecule is COCCNc1cncc(F)c1C. The molecule has 0 atom stereocenters. The van der Waals surface area contributed by atoms with Crippen LogP contribution >= 0.6 is 0 Å². The van der Waals surface area contributed by atoms with Crippen LogP contribution < -0.4 is 5.32 Å². The van der Waals surface area contributed by atoms with Gasteiger partial charge in [0.25, 0.3) is 0 Å². The molecule has 0 aliphatic rings. The second-order valence-electron chi connectivity index (χ2n) is 2.71. The van der Waals surface area contributed by atoms with Gasteiger partial charge in [-0.25, -0.2) is 4.39 Å². The van der Waals surface area contributed by atoms with Gasteiger partial charge in [0, 0.05) is 19.2 Å². The molecule has 1 N–H and O–H groups in total. The number of hydrogen-bond acceptors (Lipinski definition) is 3. The zero-order valence-corrected chi connectivity index (χ0v) is 7.80. The van der Waals surface area contributed by atoms with Crippen LogP contribution in [0.2, 0.25) is 0 Å². The summed E-state index contributed by atoms with van der Waals surface area (Å²) in [4.78, 5) is 3.75. The summed E-state index contributed by atoms with van der Waals surface area (Å²) < 4.78 is 17.8. The van der Waals surface area contributed by atoms with E-state index in [1.165, 1.54) is 6.20 Å². The number of hydrogen-bond donors (Lipinski definition) is 1. The molecule has 0 bridgehead atoms. The smallest absolute Gasteiger partial charge is 0.146 e. The van der Waals surface area contributed by atoms with Crippen molar-refractivity contribution in [2.75, 3.05) is 25.6 Å². The topological polar surface area (TPSA) is 34.1 Å². The lowest BCUT2D eigenvalue weighted by atomic mass is 10.2. The highest BCUT2D eigenvalue weighted by molar-refractivity contribution is 5.48. The van der Waals surface area contributed by atoms with Gasteiger partial charge in [-0.15, -0.1) is 0 Å². The van der Waals surface area contributed by atoms with Gasteiger partial charge in [0.2, 0.25) is 0 Å². The van der Waals surface area contributed by atoms with Crippen molar-refractivity contribution >= 4 is 5.69 Å². The van der Waals surface area contributed by atoms with Crippen molar-refractivity contribution in [2.24, 2.45) is 0 Å². The molecule has 4 heteroatoms. The molecule has 0 aromatic carbocycles. The van der Waals surface area contributed by atoms with Gasteiger partial charge in [-0.05, 0) is 6.92 Å². The third kappa shape index (κ3) is 2.66. The van der Waals surface area contributed by atoms with Gasteiger partial charge in [0.1, 0.15) is 5.82 Å². The number of aromatic nitrogens is 1. The number of halogens is 1. The van der Waals surface area contributed by atoms with Crippen LogP contribution in [-0.4, -0.2) is 25.2 Å². The quantitative estimate of drug-likeness (QED) is 0.721. The van der Waals surface area contributed by atoms with Crippen LogP contribution in [0.5, 0.6) is 0 Å². The van der Waals surface area contributed by atoms with Crippen LogP contribution in [0.3, 0.4) is 0 Å². The standard InChI is InChI=1S/C9H13FN2O/c1-7-8(10)5-11-6-9(7)12-3-4-13-2/h5-6,12H,3-4H2,1-2H3. The predicted molar refractivity (Wildman–Crippen MR) is 49.3 cm³/mol. The molecule has 0 unspecified atom stereocenters. The minimum Gasteiger partial charge on any atom is -0.383 e. The summed E-state index contributed by atoms with van der Waals surface area (Å²) in [6.07, 6.45) is 2.81. The van der Waals surface area contributed by atoms with Gasteiger partial charge in [-0.1, -0.05) is 0 Å². The van der Waals surface area contributed by atoms with Gasteiger partial charge < -0.3 is 10.1 Å². The van der Waals surface area contributed by atoms with E-state index < -0.39 is 0 Å². The minimum atomic E-state index is -0.289. The lowest BCUT2D eigenvalue weighted by Gasteiger charge is -2.08. The molecule has 0 spiro atoms. The molecule has 0 aliphatic heterocycles. The number of anilines is 1. The minimum absolute atomic E-state index is 0.289. The summed E-state index contributed by atoms with van der Waals surface area (Å²) in [6.45, 7) is 2.96. The summed E-state index contributed by atoms with van der Waals surface area (Å²) in [6, 6.07) is 0. The molecule has 0 amide bonds. The van der Waals surface area contributed by atoms with Gasteiger partial charge in [0.05, 0.1) is 24.7 Å². The van der Waals surface area contributed by atoms with Crippen LogP contribution in [0.15, 0.2) is 12.4 Å². The third-order valence-electron chi connectivity index (χ3n) is 1.78. The van der Waals surface area contributed by atoms with Crippen LogP contribution in [0.25, 0.3) is 0 Å². The molecule has 0 saturated carbocycles. The summed E-state index contributed by atoms with van der Waals surface area (Å²) in [5.41, 5.74) is 1.31. The molecule has 0 radical (unpaired) electrons. The highest BCUT2D eigenvalue weighted by Gasteiger charge is 2.02. The first-order valence-corrected chi connectivity index (χ1v) is 4.08. The number of rotatable bonds is 4. The summed E-state index contributed by atoms with van der Waals surface area (Å²) in [5.74, 6) is -0.289. The van der Waals surface area contributed by atoms with Gasteiger partial charge in [-0.3, -0.25) is 4.98 Å². The molecule has 72 valence electrons. The fraction of sp³-hybridized carbons (Fsp3) is 0.444. The zero-order valence-electron chi connectivity index (χ0n) is 7.80. The summed E-state index contributed by atoms with van der Waals surface area (Å²) in [5, 5.41) is 3.03. The number of ether oxygens (including phenoxy) is 1. The first kappa shape index (κ1) is 9.92. The monoisotopic (exact) mass is 184 g/mol. The first-order chi connectivity index (χ1) is 6.25. The number of nitrogens with one attached hydrogen (secondary N) is 1. The third-order valence-corrected chi connectivity index (χ3v) is 1.78. The van der Waals surface area contributed by atoms with Crippen molar-refractivity contribution in [2.45, 2.75) is 6.92 Å². The van der Waals surface area contributed by atoms with E-state index in [-0.39, 0.29) is 5.82 Å². The van der Waals surface area contributed by atoms with E-state index in [2.05, 4.69) is 10.3 Å². The Labute approximate surface area is 76.9 Å². The first-order valence-electron chi connectivity index (χ1n) is 4.08. The largest absolute Gasteiger partial charge is 0.383 e. The summed E-state index contributed by atoms with van der Waals surface area (Å²) >= 11 is 0. The van der Waals surface area contributed by atoms with E-state index in [1.807, 2.05) is 0 Å². The van der Waals surface area contributed by atoms with Crippen LogP contribution in [0, 0.1) is 12.7 Å². The molecule has 0 saturated heterocycles. The average molecular weight is 184 g/mol. The Balaban J connectivity index is 2.61.